The van der Waals surface area contributed by atoms with E-state index >= 15 is 0 Å². The molecule has 24 heavy (non-hydrogen) atoms. The third-order valence-electron chi connectivity index (χ3n) is 3.64. The summed E-state index contributed by atoms with van der Waals surface area (Å²) in [5.74, 6) is 1.24. The number of rotatable bonds is 5. The molecule has 0 heterocycles. The second-order valence-corrected chi connectivity index (χ2v) is 5.33. The van der Waals surface area contributed by atoms with Gasteiger partial charge in [0.2, 0.25) is 0 Å². The van der Waals surface area contributed by atoms with Gasteiger partial charge in [-0.25, -0.2) is 0 Å². The fourth-order valence-electron chi connectivity index (χ4n) is 2.51. The van der Waals surface area contributed by atoms with Crippen molar-refractivity contribution in [1.29, 1.82) is 0 Å². The van der Waals surface area contributed by atoms with E-state index in [1.807, 2.05) is 91.9 Å². The standard InChI is InChI=1S/C22H18O2/c1-2-10-18-13-9-16-20(21(23)17-11-5-3-6-12-17)22(18)24-19-14-7-4-8-15-19/h2-16H,1H3. The molecule has 0 saturated carbocycles. The molecule has 2 heteroatoms. The Morgan fingerprint density at radius 1 is 0.833 bits per heavy atom. The SMILES string of the molecule is CC=Cc1cccc(C(=O)c2ccccc2)c1Oc1ccccc1. The van der Waals surface area contributed by atoms with E-state index in [-0.39, 0.29) is 5.78 Å². The Bertz CT molecular complexity index is 850. The van der Waals surface area contributed by atoms with Gasteiger partial charge in [-0.1, -0.05) is 72.8 Å². The highest BCUT2D eigenvalue weighted by molar-refractivity contribution is 6.11. The average molecular weight is 314 g/mol. The van der Waals surface area contributed by atoms with Crippen LogP contribution in [0.4, 0.5) is 0 Å². The van der Waals surface area contributed by atoms with Crippen molar-refractivity contribution in [3.63, 3.8) is 0 Å². The zero-order chi connectivity index (χ0) is 16.8. The van der Waals surface area contributed by atoms with Gasteiger partial charge < -0.3 is 4.74 Å². The van der Waals surface area contributed by atoms with Crippen molar-refractivity contribution >= 4 is 11.9 Å². The van der Waals surface area contributed by atoms with Crippen molar-refractivity contribution in [3.8, 4) is 11.5 Å². The van der Waals surface area contributed by atoms with Crippen LogP contribution >= 0.6 is 0 Å². The summed E-state index contributed by atoms with van der Waals surface area (Å²) in [7, 11) is 0. The maximum Gasteiger partial charge on any atom is 0.196 e. The van der Waals surface area contributed by atoms with E-state index in [1.54, 1.807) is 6.07 Å². The molecule has 3 aromatic carbocycles. The second-order valence-electron chi connectivity index (χ2n) is 5.33. The number of hydrogen-bond donors (Lipinski definition) is 0. The van der Waals surface area contributed by atoms with Crippen molar-refractivity contribution in [2.75, 3.05) is 0 Å². The lowest BCUT2D eigenvalue weighted by Gasteiger charge is -2.13. The van der Waals surface area contributed by atoms with Gasteiger partial charge in [0, 0.05) is 11.1 Å². The Morgan fingerprint density at radius 3 is 2.17 bits per heavy atom. The summed E-state index contributed by atoms with van der Waals surface area (Å²) < 4.78 is 6.06. The number of carbonyl (C=O) groups is 1. The molecule has 0 radical (unpaired) electrons. The molecule has 0 N–H and O–H groups in total. The summed E-state index contributed by atoms with van der Waals surface area (Å²) in [6.07, 6.45) is 3.88. The molecule has 0 aliphatic rings. The van der Waals surface area contributed by atoms with Crippen molar-refractivity contribution in [2.45, 2.75) is 6.92 Å². The first-order valence-electron chi connectivity index (χ1n) is 7.88. The summed E-state index contributed by atoms with van der Waals surface area (Å²) in [6.45, 7) is 1.94. The van der Waals surface area contributed by atoms with Gasteiger partial charge in [0.25, 0.3) is 0 Å². The lowest BCUT2D eigenvalue weighted by Crippen LogP contribution is -2.04. The number of hydrogen-bond acceptors (Lipinski definition) is 2. The first kappa shape index (κ1) is 15.8. The van der Waals surface area contributed by atoms with Gasteiger partial charge in [0.05, 0.1) is 5.56 Å². The van der Waals surface area contributed by atoms with E-state index in [1.165, 1.54) is 0 Å². The summed E-state index contributed by atoms with van der Waals surface area (Å²) in [6, 6.07) is 24.4. The Hall–Kier alpha value is -3.13. The minimum absolute atomic E-state index is 0.0483. The molecule has 0 aliphatic heterocycles. The molecule has 0 amide bonds. The van der Waals surface area contributed by atoms with Crippen LogP contribution in [0.1, 0.15) is 28.4 Å². The minimum Gasteiger partial charge on any atom is -0.456 e. The molecular weight excluding hydrogens is 296 g/mol. The Morgan fingerprint density at radius 2 is 1.50 bits per heavy atom. The van der Waals surface area contributed by atoms with Crippen molar-refractivity contribution < 1.29 is 9.53 Å². The van der Waals surface area contributed by atoms with Crippen LogP contribution in [-0.4, -0.2) is 5.78 Å². The summed E-state index contributed by atoms with van der Waals surface area (Å²) in [5.41, 5.74) is 2.08. The highest BCUT2D eigenvalue weighted by Gasteiger charge is 2.17. The zero-order valence-corrected chi connectivity index (χ0v) is 13.5. The predicted molar refractivity (Wildman–Crippen MR) is 97.5 cm³/mol. The lowest BCUT2D eigenvalue weighted by molar-refractivity contribution is 0.103. The fourth-order valence-corrected chi connectivity index (χ4v) is 2.51. The number of benzene rings is 3. The monoisotopic (exact) mass is 314 g/mol. The van der Waals surface area contributed by atoms with Crippen LogP contribution in [0.2, 0.25) is 0 Å². The molecular formula is C22H18O2. The summed E-state index contributed by atoms with van der Waals surface area (Å²) in [4.78, 5) is 12.9. The van der Waals surface area contributed by atoms with Crippen LogP contribution in [0.3, 0.4) is 0 Å². The van der Waals surface area contributed by atoms with E-state index in [4.69, 9.17) is 4.74 Å². The quantitative estimate of drug-likeness (QED) is 0.561. The second kappa shape index (κ2) is 7.42. The summed E-state index contributed by atoms with van der Waals surface area (Å²) in [5, 5.41) is 0. The van der Waals surface area contributed by atoms with Crippen molar-refractivity contribution in [2.24, 2.45) is 0 Å². The molecule has 0 aliphatic carbocycles. The van der Waals surface area contributed by atoms with Crippen molar-refractivity contribution in [1.82, 2.24) is 0 Å². The highest BCUT2D eigenvalue weighted by Crippen LogP contribution is 2.32. The first-order chi connectivity index (χ1) is 11.8. The number of para-hydroxylation sites is 2. The molecule has 0 fully saturated rings. The maximum atomic E-state index is 12.9. The third-order valence-corrected chi connectivity index (χ3v) is 3.64. The van der Waals surface area contributed by atoms with E-state index in [0.717, 1.165) is 5.56 Å². The van der Waals surface area contributed by atoms with Gasteiger partial charge in [0.1, 0.15) is 11.5 Å². The smallest absolute Gasteiger partial charge is 0.196 e. The van der Waals surface area contributed by atoms with E-state index in [0.29, 0.717) is 22.6 Å². The Labute approximate surface area is 142 Å². The fraction of sp³-hybridized carbons (Fsp3) is 0.0455. The number of carbonyl (C=O) groups excluding carboxylic acids is 1. The van der Waals surface area contributed by atoms with Gasteiger partial charge in [-0.3, -0.25) is 4.79 Å². The molecule has 118 valence electrons. The minimum atomic E-state index is -0.0483. The first-order valence-corrected chi connectivity index (χ1v) is 7.88. The van der Waals surface area contributed by atoms with E-state index < -0.39 is 0 Å². The van der Waals surface area contributed by atoms with Crippen LogP contribution < -0.4 is 4.74 Å². The molecule has 3 rings (SSSR count). The average Bonchev–Trinajstić information content (AvgIpc) is 2.64. The normalized spacial score (nSPS) is 10.7. The summed E-state index contributed by atoms with van der Waals surface area (Å²) >= 11 is 0. The predicted octanol–water partition coefficient (Wildman–Crippen LogP) is 5.74. The molecule has 0 unspecified atom stereocenters. The Balaban J connectivity index is 2.08. The highest BCUT2D eigenvalue weighted by atomic mass is 16.5. The topological polar surface area (TPSA) is 26.3 Å². The van der Waals surface area contributed by atoms with Crippen LogP contribution in [0.5, 0.6) is 11.5 Å². The van der Waals surface area contributed by atoms with Crippen LogP contribution in [0, 0.1) is 0 Å². The van der Waals surface area contributed by atoms with Gasteiger partial charge in [-0.2, -0.15) is 0 Å². The van der Waals surface area contributed by atoms with Crippen LogP contribution in [0.15, 0.2) is 84.9 Å². The largest absolute Gasteiger partial charge is 0.456 e. The molecule has 0 bridgehead atoms. The van der Waals surface area contributed by atoms with Crippen LogP contribution in [0.25, 0.3) is 6.08 Å². The van der Waals surface area contributed by atoms with Gasteiger partial charge in [-0.15, -0.1) is 0 Å². The zero-order valence-electron chi connectivity index (χ0n) is 13.5. The van der Waals surface area contributed by atoms with Crippen molar-refractivity contribution in [3.05, 3.63) is 102 Å². The lowest BCUT2D eigenvalue weighted by atomic mass is 9.99. The maximum absolute atomic E-state index is 12.9. The molecule has 3 aromatic rings. The molecule has 0 spiro atoms. The third kappa shape index (κ3) is 3.44. The molecule has 0 atom stereocenters. The molecule has 2 nitrogen and oxygen atoms in total. The van der Waals surface area contributed by atoms with E-state index in [9.17, 15) is 4.79 Å². The number of allylic oxidation sites excluding steroid dienone is 1. The number of ether oxygens (including phenoxy) is 1. The molecule has 0 aromatic heterocycles. The van der Waals surface area contributed by atoms with E-state index in [2.05, 4.69) is 0 Å². The Kier molecular flexibility index (Phi) is 4.87. The van der Waals surface area contributed by atoms with Gasteiger partial charge >= 0.3 is 0 Å². The molecule has 0 saturated heterocycles. The van der Waals surface area contributed by atoms with Gasteiger partial charge in [-0.05, 0) is 25.1 Å². The number of ketones is 1. The van der Waals surface area contributed by atoms with Crippen LogP contribution in [-0.2, 0) is 0 Å². The van der Waals surface area contributed by atoms with Gasteiger partial charge in [0.15, 0.2) is 5.78 Å².